The lowest BCUT2D eigenvalue weighted by Crippen LogP contribution is -2.13. The molecule has 1 heterocycles. The minimum atomic E-state index is -0.606. The molecule has 0 spiro atoms. The van der Waals surface area contributed by atoms with Gasteiger partial charge in [-0.2, -0.15) is 0 Å². The average Bonchev–Trinajstić information content (AvgIpc) is 2.75. The van der Waals surface area contributed by atoms with Crippen molar-refractivity contribution in [2.45, 2.75) is 6.61 Å². The van der Waals surface area contributed by atoms with Crippen LogP contribution >= 0.6 is 11.6 Å². The van der Waals surface area contributed by atoms with Crippen molar-refractivity contribution in [3.8, 4) is 17.2 Å². The number of ether oxygens (including phenoxy) is 2. The maximum Gasteiger partial charge on any atom is 0.252 e. The molecule has 1 aromatic heterocycles. The summed E-state index contributed by atoms with van der Waals surface area (Å²) in [6, 6.07) is 19.6. The second-order valence-electron chi connectivity index (χ2n) is 6.60. The van der Waals surface area contributed by atoms with Crippen LogP contribution < -0.4 is 20.9 Å². The molecule has 7 heteroatoms. The Kier molecular flexibility index (Phi) is 5.41. The predicted octanol–water partition coefficient (Wildman–Crippen LogP) is 4.94. The first kappa shape index (κ1) is 19.5. The van der Waals surface area contributed by atoms with Gasteiger partial charge in [-0.25, -0.2) is 0 Å². The van der Waals surface area contributed by atoms with Crippen LogP contribution in [0.2, 0.25) is 5.02 Å². The summed E-state index contributed by atoms with van der Waals surface area (Å²) in [7, 11) is 0. The van der Waals surface area contributed by atoms with Crippen LogP contribution in [-0.4, -0.2) is 10.9 Å². The molecule has 0 aliphatic rings. The van der Waals surface area contributed by atoms with Crippen LogP contribution in [0.25, 0.3) is 10.9 Å². The normalized spacial score (nSPS) is 10.7. The Labute approximate surface area is 178 Å². The molecule has 0 aliphatic heterocycles. The van der Waals surface area contributed by atoms with Crippen LogP contribution in [0.3, 0.4) is 0 Å². The third kappa shape index (κ3) is 4.14. The number of nitrogens with zero attached hydrogens (tertiary/aromatic N) is 1. The minimum Gasteiger partial charge on any atom is -0.488 e. The van der Waals surface area contributed by atoms with Gasteiger partial charge in [0.1, 0.15) is 23.9 Å². The van der Waals surface area contributed by atoms with Crippen LogP contribution in [-0.2, 0) is 6.61 Å². The number of aromatic nitrogens is 1. The number of amides is 1. The highest BCUT2D eigenvalue weighted by Crippen LogP contribution is 2.35. The first-order valence-electron chi connectivity index (χ1n) is 9.13. The minimum absolute atomic E-state index is 0.242. The monoisotopic (exact) mass is 419 g/mol. The molecule has 0 radical (unpaired) electrons. The quantitative estimate of drug-likeness (QED) is 0.431. The lowest BCUT2D eigenvalue weighted by Gasteiger charge is -2.14. The Bertz CT molecular complexity index is 1230. The topological polar surface area (TPSA) is 100 Å². The molecule has 4 rings (SSSR count). The Morgan fingerprint density at radius 2 is 1.80 bits per heavy atom. The fourth-order valence-corrected chi connectivity index (χ4v) is 3.15. The van der Waals surface area contributed by atoms with Gasteiger partial charge in [-0.05, 0) is 29.8 Å². The Morgan fingerprint density at radius 1 is 1.00 bits per heavy atom. The van der Waals surface area contributed by atoms with Crippen molar-refractivity contribution < 1.29 is 14.3 Å². The Hall–Kier alpha value is -3.77. The van der Waals surface area contributed by atoms with Crippen molar-refractivity contribution in [2.75, 3.05) is 5.73 Å². The van der Waals surface area contributed by atoms with E-state index in [9.17, 15) is 4.79 Å². The summed E-state index contributed by atoms with van der Waals surface area (Å²) in [4.78, 5) is 16.5. The van der Waals surface area contributed by atoms with E-state index in [1.54, 1.807) is 42.6 Å². The number of rotatable bonds is 6. The maximum atomic E-state index is 12.1. The summed E-state index contributed by atoms with van der Waals surface area (Å²) >= 11 is 6.08. The molecule has 6 nitrogen and oxygen atoms in total. The molecule has 30 heavy (non-hydrogen) atoms. The predicted molar refractivity (Wildman–Crippen MR) is 117 cm³/mol. The molecule has 0 bridgehead atoms. The van der Waals surface area contributed by atoms with Crippen LogP contribution in [0.1, 0.15) is 15.9 Å². The van der Waals surface area contributed by atoms with Crippen LogP contribution in [0.4, 0.5) is 5.69 Å². The smallest absolute Gasteiger partial charge is 0.252 e. The van der Waals surface area contributed by atoms with E-state index in [1.807, 2.05) is 30.3 Å². The molecule has 0 fully saturated rings. The zero-order valence-corrected chi connectivity index (χ0v) is 16.6. The van der Waals surface area contributed by atoms with Gasteiger partial charge in [-0.1, -0.05) is 41.9 Å². The van der Waals surface area contributed by atoms with Crippen molar-refractivity contribution in [3.63, 3.8) is 0 Å². The van der Waals surface area contributed by atoms with E-state index in [-0.39, 0.29) is 5.56 Å². The SMILES string of the molecule is NC(=O)c1cc2c(Oc3ccc(N)c(Cl)c3)ccnc2cc1OCc1ccccc1. The number of hydrogen-bond acceptors (Lipinski definition) is 5. The molecule has 4 aromatic rings. The van der Waals surface area contributed by atoms with E-state index in [1.165, 1.54) is 0 Å². The molecule has 4 N–H and O–H groups in total. The highest BCUT2D eigenvalue weighted by molar-refractivity contribution is 6.33. The third-order valence-corrected chi connectivity index (χ3v) is 4.83. The lowest BCUT2D eigenvalue weighted by molar-refractivity contribution is 0.0996. The molecule has 0 atom stereocenters. The Morgan fingerprint density at radius 3 is 2.53 bits per heavy atom. The summed E-state index contributed by atoms with van der Waals surface area (Å²) in [5.41, 5.74) is 13.6. The van der Waals surface area contributed by atoms with Gasteiger partial charge < -0.3 is 20.9 Å². The van der Waals surface area contributed by atoms with Gasteiger partial charge >= 0.3 is 0 Å². The Balaban J connectivity index is 1.71. The van der Waals surface area contributed by atoms with E-state index in [2.05, 4.69) is 4.98 Å². The summed E-state index contributed by atoms with van der Waals surface area (Å²) in [5.74, 6) is 0.758. The van der Waals surface area contributed by atoms with Gasteiger partial charge in [-0.3, -0.25) is 9.78 Å². The fraction of sp³-hybridized carbons (Fsp3) is 0.0435. The number of pyridine rings is 1. The van der Waals surface area contributed by atoms with E-state index in [4.69, 9.17) is 32.5 Å². The number of anilines is 1. The van der Waals surface area contributed by atoms with E-state index >= 15 is 0 Å². The second kappa shape index (κ2) is 8.31. The second-order valence-corrected chi connectivity index (χ2v) is 7.01. The van der Waals surface area contributed by atoms with Gasteiger partial charge in [0.25, 0.3) is 5.91 Å². The standard InChI is InChI=1S/C23H18ClN3O3/c24-18-10-15(6-7-19(18)25)30-21-8-9-27-20-12-22(17(23(26)28)11-16(20)21)29-13-14-4-2-1-3-5-14/h1-12H,13,25H2,(H2,26,28). The number of halogens is 1. The molecule has 0 saturated heterocycles. The van der Waals surface area contributed by atoms with E-state index in [0.717, 1.165) is 5.56 Å². The zero-order chi connectivity index (χ0) is 21.1. The molecule has 1 amide bonds. The van der Waals surface area contributed by atoms with E-state index < -0.39 is 5.91 Å². The van der Waals surface area contributed by atoms with E-state index in [0.29, 0.717) is 45.5 Å². The van der Waals surface area contributed by atoms with Crippen molar-refractivity contribution in [1.82, 2.24) is 4.98 Å². The van der Waals surface area contributed by atoms with Gasteiger partial charge in [-0.15, -0.1) is 0 Å². The number of fused-ring (bicyclic) bond motifs is 1. The number of primary amides is 1. The lowest BCUT2D eigenvalue weighted by atomic mass is 10.1. The highest BCUT2D eigenvalue weighted by Gasteiger charge is 2.15. The molecular weight excluding hydrogens is 402 g/mol. The number of nitrogen functional groups attached to an aromatic ring is 1. The van der Waals surface area contributed by atoms with Crippen molar-refractivity contribution in [3.05, 3.63) is 89.1 Å². The number of carbonyl (C=O) groups excluding carboxylic acids is 1. The molecule has 0 saturated carbocycles. The maximum absolute atomic E-state index is 12.1. The largest absolute Gasteiger partial charge is 0.488 e. The fourth-order valence-electron chi connectivity index (χ4n) is 2.98. The van der Waals surface area contributed by atoms with Gasteiger partial charge in [0.15, 0.2) is 0 Å². The summed E-state index contributed by atoms with van der Waals surface area (Å²) in [6.07, 6.45) is 1.61. The third-order valence-electron chi connectivity index (χ3n) is 4.51. The zero-order valence-electron chi connectivity index (χ0n) is 15.8. The summed E-state index contributed by atoms with van der Waals surface area (Å²) in [5, 5.41) is 1.01. The van der Waals surface area contributed by atoms with Gasteiger partial charge in [0.05, 0.1) is 21.8 Å². The average molecular weight is 420 g/mol. The van der Waals surface area contributed by atoms with Crippen molar-refractivity contribution in [2.24, 2.45) is 5.73 Å². The molecule has 0 unspecified atom stereocenters. The van der Waals surface area contributed by atoms with Crippen molar-refractivity contribution in [1.29, 1.82) is 0 Å². The molecule has 150 valence electrons. The number of hydrogen-bond donors (Lipinski definition) is 2. The first-order valence-corrected chi connectivity index (χ1v) is 9.51. The molecule has 0 aliphatic carbocycles. The number of carbonyl (C=O) groups is 1. The highest BCUT2D eigenvalue weighted by atomic mass is 35.5. The summed E-state index contributed by atoms with van der Waals surface area (Å²) in [6.45, 7) is 0.298. The van der Waals surface area contributed by atoms with Crippen LogP contribution in [0.5, 0.6) is 17.2 Å². The van der Waals surface area contributed by atoms with Gasteiger partial charge in [0, 0.05) is 23.7 Å². The number of benzene rings is 3. The molecular formula is C23H18ClN3O3. The van der Waals surface area contributed by atoms with Crippen molar-refractivity contribution >= 4 is 34.1 Å². The number of nitrogens with two attached hydrogens (primary N) is 2. The van der Waals surface area contributed by atoms with Gasteiger partial charge in [0.2, 0.25) is 0 Å². The summed E-state index contributed by atoms with van der Waals surface area (Å²) < 4.78 is 11.8. The molecule has 3 aromatic carbocycles. The van der Waals surface area contributed by atoms with Crippen LogP contribution in [0, 0.1) is 0 Å². The first-order chi connectivity index (χ1) is 14.5. The van der Waals surface area contributed by atoms with Crippen LogP contribution in [0.15, 0.2) is 72.9 Å².